The Bertz CT molecular complexity index is 969. The van der Waals surface area contributed by atoms with Crippen LogP contribution in [0.5, 0.6) is 0 Å². The molecule has 0 aliphatic rings. The van der Waals surface area contributed by atoms with Crippen LogP contribution < -0.4 is 5.73 Å². The Labute approximate surface area is 125 Å². The van der Waals surface area contributed by atoms with Crippen molar-refractivity contribution in [1.82, 2.24) is 14.5 Å². The highest BCUT2D eigenvalue weighted by molar-refractivity contribution is 6.35. The van der Waals surface area contributed by atoms with Crippen LogP contribution in [0.1, 0.15) is 0 Å². The first kappa shape index (κ1) is 12.2. The number of nitrogens with zero attached hydrogens (tertiary/aromatic N) is 3. The van der Waals surface area contributed by atoms with E-state index in [2.05, 4.69) is 9.97 Å². The maximum atomic E-state index is 6.21. The minimum Gasteiger partial charge on any atom is -0.369 e. The number of hydrogen-bond donors (Lipinski definition) is 1. The Hall–Kier alpha value is -2.59. The largest absolute Gasteiger partial charge is 0.369 e. The van der Waals surface area contributed by atoms with E-state index < -0.39 is 0 Å². The van der Waals surface area contributed by atoms with Crippen molar-refractivity contribution in [3.05, 3.63) is 59.9 Å². The maximum absolute atomic E-state index is 6.21. The predicted octanol–water partition coefficient (Wildman–Crippen LogP) is 3.81. The zero-order valence-corrected chi connectivity index (χ0v) is 11.7. The molecule has 102 valence electrons. The SMILES string of the molecule is Nc1nc2c(Cl)cccc2n1-c1cccc2cnccc12. The van der Waals surface area contributed by atoms with Crippen molar-refractivity contribution in [3.8, 4) is 5.69 Å². The van der Waals surface area contributed by atoms with Crippen LogP contribution >= 0.6 is 11.6 Å². The third kappa shape index (κ3) is 1.76. The maximum Gasteiger partial charge on any atom is 0.206 e. The van der Waals surface area contributed by atoms with Crippen LogP contribution in [0.2, 0.25) is 5.02 Å². The molecule has 2 N–H and O–H groups in total. The van der Waals surface area contributed by atoms with Gasteiger partial charge in [-0.25, -0.2) is 4.98 Å². The molecule has 0 aliphatic heterocycles. The second-order valence-electron chi connectivity index (χ2n) is 4.79. The van der Waals surface area contributed by atoms with E-state index in [4.69, 9.17) is 17.3 Å². The summed E-state index contributed by atoms with van der Waals surface area (Å²) in [7, 11) is 0. The zero-order chi connectivity index (χ0) is 14.4. The summed E-state index contributed by atoms with van der Waals surface area (Å²) in [5.74, 6) is 0.419. The van der Waals surface area contributed by atoms with Gasteiger partial charge in [-0.05, 0) is 24.3 Å². The molecule has 21 heavy (non-hydrogen) atoms. The van der Waals surface area contributed by atoms with Gasteiger partial charge in [-0.15, -0.1) is 0 Å². The number of benzene rings is 2. The number of hydrogen-bond acceptors (Lipinski definition) is 3. The molecular formula is C16H11ClN4. The second-order valence-corrected chi connectivity index (χ2v) is 5.19. The second kappa shape index (κ2) is 4.46. The van der Waals surface area contributed by atoms with Crippen molar-refractivity contribution in [3.63, 3.8) is 0 Å². The lowest BCUT2D eigenvalue weighted by atomic mass is 10.1. The molecule has 0 saturated heterocycles. The molecule has 4 nitrogen and oxygen atoms in total. The molecule has 0 bridgehead atoms. The number of rotatable bonds is 1. The van der Waals surface area contributed by atoms with Gasteiger partial charge in [0.15, 0.2) is 0 Å². The number of para-hydroxylation sites is 1. The van der Waals surface area contributed by atoms with Crippen molar-refractivity contribution in [2.45, 2.75) is 0 Å². The van der Waals surface area contributed by atoms with Gasteiger partial charge in [0, 0.05) is 23.2 Å². The fourth-order valence-electron chi connectivity index (χ4n) is 2.64. The summed E-state index contributed by atoms with van der Waals surface area (Å²) >= 11 is 6.21. The standard InChI is InChI=1S/C16H11ClN4/c17-12-4-2-6-14-15(12)20-16(18)21(14)13-5-1-3-10-9-19-8-7-11(10)13/h1-9H,(H2,18,20). The van der Waals surface area contributed by atoms with E-state index in [1.807, 2.05) is 53.2 Å². The normalized spacial score (nSPS) is 11.3. The molecule has 0 unspecified atom stereocenters. The van der Waals surface area contributed by atoms with Crippen LogP contribution in [0.3, 0.4) is 0 Å². The minimum absolute atomic E-state index is 0.419. The van der Waals surface area contributed by atoms with E-state index in [1.54, 1.807) is 6.20 Å². The van der Waals surface area contributed by atoms with Crippen LogP contribution in [0.15, 0.2) is 54.9 Å². The van der Waals surface area contributed by atoms with Gasteiger partial charge in [-0.3, -0.25) is 9.55 Å². The highest BCUT2D eigenvalue weighted by Gasteiger charge is 2.13. The van der Waals surface area contributed by atoms with Gasteiger partial charge >= 0.3 is 0 Å². The average Bonchev–Trinajstić information content (AvgIpc) is 2.84. The summed E-state index contributed by atoms with van der Waals surface area (Å²) in [5, 5.41) is 2.72. The van der Waals surface area contributed by atoms with Crippen LogP contribution in [0.4, 0.5) is 5.95 Å². The molecule has 0 radical (unpaired) electrons. The molecule has 4 rings (SSSR count). The topological polar surface area (TPSA) is 56.7 Å². The zero-order valence-electron chi connectivity index (χ0n) is 11.0. The monoisotopic (exact) mass is 294 g/mol. The lowest BCUT2D eigenvalue weighted by Crippen LogP contribution is -2.01. The molecular weight excluding hydrogens is 284 g/mol. The van der Waals surface area contributed by atoms with Gasteiger partial charge in [0.05, 0.1) is 16.2 Å². The summed E-state index contributed by atoms with van der Waals surface area (Å²) < 4.78 is 1.92. The number of fused-ring (bicyclic) bond motifs is 2. The molecule has 0 atom stereocenters. The smallest absolute Gasteiger partial charge is 0.206 e. The third-order valence-electron chi connectivity index (χ3n) is 3.56. The van der Waals surface area contributed by atoms with E-state index in [0.29, 0.717) is 16.5 Å². The average molecular weight is 295 g/mol. The lowest BCUT2D eigenvalue weighted by molar-refractivity contribution is 1.12. The minimum atomic E-state index is 0.419. The number of aromatic nitrogens is 3. The number of pyridine rings is 1. The Balaban J connectivity index is 2.14. The van der Waals surface area contributed by atoms with Gasteiger partial charge in [-0.1, -0.05) is 29.8 Å². The van der Waals surface area contributed by atoms with Crippen molar-refractivity contribution >= 4 is 39.4 Å². The van der Waals surface area contributed by atoms with E-state index in [1.165, 1.54) is 0 Å². The number of nitrogens with two attached hydrogens (primary N) is 1. The predicted molar refractivity (Wildman–Crippen MR) is 85.8 cm³/mol. The summed E-state index contributed by atoms with van der Waals surface area (Å²) in [6, 6.07) is 13.7. The number of nitrogen functional groups attached to an aromatic ring is 1. The Morgan fingerprint density at radius 2 is 1.90 bits per heavy atom. The van der Waals surface area contributed by atoms with Gasteiger partial charge in [0.25, 0.3) is 0 Å². The Morgan fingerprint density at radius 3 is 2.81 bits per heavy atom. The summed E-state index contributed by atoms with van der Waals surface area (Å²) in [4.78, 5) is 8.55. The molecule has 0 amide bonds. The van der Waals surface area contributed by atoms with E-state index in [-0.39, 0.29) is 0 Å². The molecule has 5 heteroatoms. The first-order chi connectivity index (χ1) is 10.3. The Kier molecular flexibility index (Phi) is 2.59. The van der Waals surface area contributed by atoms with Crippen molar-refractivity contribution in [1.29, 1.82) is 0 Å². The van der Waals surface area contributed by atoms with E-state index >= 15 is 0 Å². The van der Waals surface area contributed by atoms with E-state index in [0.717, 1.165) is 22.0 Å². The summed E-state index contributed by atoms with van der Waals surface area (Å²) in [6.07, 6.45) is 3.61. The van der Waals surface area contributed by atoms with Gasteiger partial charge in [-0.2, -0.15) is 0 Å². The van der Waals surface area contributed by atoms with Crippen LogP contribution in [0.25, 0.3) is 27.5 Å². The molecule has 0 fully saturated rings. The molecule has 4 aromatic rings. The van der Waals surface area contributed by atoms with Gasteiger partial charge < -0.3 is 5.73 Å². The third-order valence-corrected chi connectivity index (χ3v) is 3.87. The Morgan fingerprint density at radius 1 is 1.05 bits per heavy atom. The van der Waals surface area contributed by atoms with Crippen LogP contribution in [-0.2, 0) is 0 Å². The molecule has 0 saturated carbocycles. The van der Waals surface area contributed by atoms with Crippen molar-refractivity contribution < 1.29 is 0 Å². The quantitative estimate of drug-likeness (QED) is 0.581. The van der Waals surface area contributed by atoms with E-state index in [9.17, 15) is 0 Å². The molecule has 0 aliphatic carbocycles. The number of anilines is 1. The van der Waals surface area contributed by atoms with Crippen molar-refractivity contribution in [2.75, 3.05) is 5.73 Å². The fraction of sp³-hybridized carbons (Fsp3) is 0. The fourth-order valence-corrected chi connectivity index (χ4v) is 2.85. The highest BCUT2D eigenvalue weighted by atomic mass is 35.5. The first-order valence-electron chi connectivity index (χ1n) is 6.51. The summed E-state index contributed by atoms with van der Waals surface area (Å²) in [5.41, 5.74) is 8.70. The number of halogens is 1. The molecule has 0 spiro atoms. The van der Waals surface area contributed by atoms with Crippen LogP contribution in [-0.4, -0.2) is 14.5 Å². The molecule has 2 heterocycles. The lowest BCUT2D eigenvalue weighted by Gasteiger charge is -2.10. The highest BCUT2D eigenvalue weighted by Crippen LogP contribution is 2.31. The molecule has 2 aromatic heterocycles. The first-order valence-corrected chi connectivity index (χ1v) is 6.89. The number of imidazole rings is 1. The van der Waals surface area contributed by atoms with Gasteiger partial charge in [0.2, 0.25) is 5.95 Å². The van der Waals surface area contributed by atoms with Gasteiger partial charge in [0.1, 0.15) is 5.52 Å². The molecule has 2 aromatic carbocycles. The summed E-state index contributed by atoms with van der Waals surface area (Å²) in [6.45, 7) is 0. The van der Waals surface area contributed by atoms with Crippen LogP contribution in [0, 0.1) is 0 Å². The van der Waals surface area contributed by atoms with Crippen molar-refractivity contribution in [2.24, 2.45) is 0 Å².